The monoisotopic (exact) mass is 416 g/mol. The Morgan fingerprint density at radius 3 is 2.63 bits per heavy atom. The van der Waals surface area contributed by atoms with Gasteiger partial charge in [-0.2, -0.15) is 0 Å². The van der Waals surface area contributed by atoms with Gasteiger partial charge < -0.3 is 20.3 Å². The molecule has 9 nitrogen and oxygen atoms in total. The number of aromatic nitrogens is 2. The van der Waals surface area contributed by atoms with Crippen molar-refractivity contribution in [1.82, 2.24) is 24.9 Å². The van der Waals surface area contributed by atoms with Gasteiger partial charge in [-0.15, -0.1) is 0 Å². The number of imidazole rings is 1. The number of carbonyl (C=O) groups excluding carboxylic acids is 2. The van der Waals surface area contributed by atoms with Crippen LogP contribution in [0, 0.1) is 0 Å². The second-order valence-corrected chi connectivity index (χ2v) is 7.50. The molecule has 0 unspecified atom stereocenters. The summed E-state index contributed by atoms with van der Waals surface area (Å²) in [6.45, 7) is 9.67. The van der Waals surface area contributed by atoms with E-state index in [1.165, 1.54) is 6.92 Å². The van der Waals surface area contributed by atoms with E-state index >= 15 is 0 Å². The number of aryl methyl sites for hydroxylation is 1. The number of ether oxygens (including phenoxy) is 1. The van der Waals surface area contributed by atoms with Gasteiger partial charge >= 0.3 is 0 Å². The average Bonchev–Trinajstić information content (AvgIpc) is 3.13. The minimum absolute atomic E-state index is 0.110. The van der Waals surface area contributed by atoms with E-state index in [0.717, 1.165) is 63.0 Å². The van der Waals surface area contributed by atoms with Crippen molar-refractivity contribution in [1.29, 1.82) is 0 Å². The lowest BCUT2D eigenvalue weighted by atomic mass is 10.2. The number of rotatable bonds is 9. The summed E-state index contributed by atoms with van der Waals surface area (Å²) in [7, 11) is 2.07. The molecule has 1 aliphatic heterocycles. The molecule has 1 aliphatic rings. The van der Waals surface area contributed by atoms with E-state index in [1.54, 1.807) is 6.07 Å². The fourth-order valence-electron chi connectivity index (χ4n) is 3.60. The van der Waals surface area contributed by atoms with Crippen molar-refractivity contribution in [2.24, 2.45) is 0 Å². The van der Waals surface area contributed by atoms with Crippen LogP contribution in [0.4, 0.5) is 5.82 Å². The molecule has 0 aliphatic carbocycles. The number of nitrogens with one attached hydrogen (secondary N) is 2. The summed E-state index contributed by atoms with van der Waals surface area (Å²) in [5, 5.41) is 5.51. The van der Waals surface area contributed by atoms with Gasteiger partial charge in [0.1, 0.15) is 11.5 Å². The third-order valence-corrected chi connectivity index (χ3v) is 5.26. The zero-order valence-corrected chi connectivity index (χ0v) is 18.1. The Bertz CT molecular complexity index is 875. The van der Waals surface area contributed by atoms with Crippen molar-refractivity contribution in [3.05, 3.63) is 29.6 Å². The molecule has 3 rings (SSSR count). The smallest absolute Gasteiger partial charge is 0.252 e. The maximum atomic E-state index is 12.5. The van der Waals surface area contributed by atoms with Crippen LogP contribution < -0.4 is 15.5 Å². The summed E-state index contributed by atoms with van der Waals surface area (Å²) in [4.78, 5) is 32.8. The molecule has 3 heterocycles. The van der Waals surface area contributed by atoms with E-state index in [9.17, 15) is 9.59 Å². The van der Waals surface area contributed by atoms with Crippen LogP contribution in [0.1, 0.15) is 29.9 Å². The third-order valence-electron chi connectivity index (χ3n) is 5.26. The van der Waals surface area contributed by atoms with Gasteiger partial charge in [-0.05, 0) is 18.6 Å². The zero-order chi connectivity index (χ0) is 21.5. The summed E-state index contributed by atoms with van der Waals surface area (Å²) < 4.78 is 7.43. The van der Waals surface area contributed by atoms with Crippen molar-refractivity contribution in [3.63, 3.8) is 0 Å². The van der Waals surface area contributed by atoms with E-state index in [1.807, 2.05) is 16.7 Å². The van der Waals surface area contributed by atoms with Gasteiger partial charge in [-0.1, -0.05) is 6.92 Å². The molecule has 0 radical (unpaired) electrons. The highest BCUT2D eigenvalue weighted by Gasteiger charge is 2.18. The quantitative estimate of drug-likeness (QED) is 0.580. The largest absolute Gasteiger partial charge is 0.379 e. The number of hydrogen-bond acceptors (Lipinski definition) is 6. The predicted molar refractivity (Wildman–Crippen MR) is 116 cm³/mol. The summed E-state index contributed by atoms with van der Waals surface area (Å²) in [6, 6.07) is 3.66. The first-order valence-electron chi connectivity index (χ1n) is 10.5. The molecule has 0 saturated carbocycles. The number of morpholine rings is 1. The lowest BCUT2D eigenvalue weighted by Gasteiger charge is -2.29. The highest BCUT2D eigenvalue weighted by Crippen LogP contribution is 2.23. The minimum atomic E-state index is -0.170. The minimum Gasteiger partial charge on any atom is -0.379 e. The summed E-state index contributed by atoms with van der Waals surface area (Å²) in [6.07, 6.45) is 2.66. The normalized spacial score (nSPS) is 14.6. The second-order valence-electron chi connectivity index (χ2n) is 7.50. The number of anilines is 1. The SMILES string of the molecule is CCc1nc2ccc(C(=O)NCCNC(C)=O)cn2c1N(C)CCN1CCOCC1. The first kappa shape index (κ1) is 22.0. The van der Waals surface area contributed by atoms with Gasteiger partial charge in [0.25, 0.3) is 5.91 Å². The Morgan fingerprint density at radius 2 is 1.93 bits per heavy atom. The molecule has 2 amide bonds. The van der Waals surface area contributed by atoms with Crippen LogP contribution in [0.3, 0.4) is 0 Å². The van der Waals surface area contributed by atoms with Gasteiger partial charge in [0.05, 0.1) is 24.5 Å². The first-order valence-corrected chi connectivity index (χ1v) is 10.5. The summed E-state index contributed by atoms with van der Waals surface area (Å²) in [5.74, 6) is 0.741. The third kappa shape index (κ3) is 5.48. The predicted octanol–water partition coefficient (Wildman–Crippen LogP) is 0.531. The molecule has 1 fully saturated rings. The number of fused-ring (bicyclic) bond motifs is 1. The van der Waals surface area contributed by atoms with E-state index in [0.29, 0.717) is 18.7 Å². The van der Waals surface area contributed by atoms with E-state index in [2.05, 4.69) is 34.4 Å². The molecule has 0 spiro atoms. The lowest BCUT2D eigenvalue weighted by molar-refractivity contribution is -0.118. The molecule has 0 bridgehead atoms. The zero-order valence-electron chi connectivity index (χ0n) is 18.1. The first-order chi connectivity index (χ1) is 14.5. The molecule has 2 aromatic heterocycles. The highest BCUT2D eigenvalue weighted by atomic mass is 16.5. The van der Waals surface area contributed by atoms with Gasteiger partial charge in [0.2, 0.25) is 5.91 Å². The maximum absolute atomic E-state index is 12.5. The van der Waals surface area contributed by atoms with Crippen LogP contribution in [0.2, 0.25) is 0 Å². The van der Waals surface area contributed by atoms with Crippen molar-refractivity contribution in [2.75, 3.05) is 64.4 Å². The Labute approximate surface area is 177 Å². The maximum Gasteiger partial charge on any atom is 0.252 e. The van der Waals surface area contributed by atoms with Crippen LogP contribution in [0.5, 0.6) is 0 Å². The van der Waals surface area contributed by atoms with Gasteiger partial charge in [-0.3, -0.25) is 18.9 Å². The standard InChI is InChI=1S/C21H32N6O3/c1-4-18-21(25(3)9-10-26-11-13-30-14-12-26)27-15-17(5-6-19(27)24-18)20(29)23-8-7-22-16(2)28/h5-6,15H,4,7-14H2,1-3H3,(H,22,28)(H,23,29). The molecular weight excluding hydrogens is 384 g/mol. The summed E-state index contributed by atoms with van der Waals surface area (Å²) >= 11 is 0. The lowest BCUT2D eigenvalue weighted by Crippen LogP contribution is -2.41. The van der Waals surface area contributed by atoms with Crippen LogP contribution in [0.15, 0.2) is 18.3 Å². The van der Waals surface area contributed by atoms with Gasteiger partial charge in [0, 0.05) is 59.4 Å². The Balaban J connectivity index is 1.73. The Morgan fingerprint density at radius 1 is 1.20 bits per heavy atom. The number of carbonyl (C=O) groups is 2. The number of nitrogens with zero attached hydrogens (tertiary/aromatic N) is 4. The van der Waals surface area contributed by atoms with E-state index in [4.69, 9.17) is 9.72 Å². The van der Waals surface area contributed by atoms with Crippen LogP contribution in [0.25, 0.3) is 5.65 Å². The number of hydrogen-bond donors (Lipinski definition) is 2. The molecule has 164 valence electrons. The molecule has 2 aromatic rings. The van der Waals surface area contributed by atoms with Crippen molar-refractivity contribution < 1.29 is 14.3 Å². The fraction of sp³-hybridized carbons (Fsp3) is 0.571. The van der Waals surface area contributed by atoms with Gasteiger partial charge in [0.15, 0.2) is 0 Å². The fourth-order valence-corrected chi connectivity index (χ4v) is 3.60. The topological polar surface area (TPSA) is 91.2 Å². The van der Waals surface area contributed by atoms with E-state index < -0.39 is 0 Å². The average molecular weight is 417 g/mol. The Hall–Kier alpha value is -2.65. The molecule has 1 saturated heterocycles. The molecule has 2 N–H and O–H groups in total. The molecule has 0 atom stereocenters. The van der Waals surface area contributed by atoms with Crippen LogP contribution in [-0.2, 0) is 16.0 Å². The number of pyridine rings is 1. The molecular formula is C21H32N6O3. The van der Waals surface area contributed by atoms with Crippen molar-refractivity contribution in [2.45, 2.75) is 20.3 Å². The number of likely N-dealkylation sites (N-methyl/N-ethyl adjacent to an activating group) is 1. The number of amides is 2. The van der Waals surface area contributed by atoms with Crippen LogP contribution >= 0.6 is 0 Å². The highest BCUT2D eigenvalue weighted by molar-refractivity contribution is 5.94. The second kappa shape index (κ2) is 10.4. The van der Waals surface area contributed by atoms with Gasteiger partial charge in [-0.25, -0.2) is 4.98 Å². The molecule has 9 heteroatoms. The van der Waals surface area contributed by atoms with Crippen molar-refractivity contribution >= 4 is 23.3 Å². The van der Waals surface area contributed by atoms with Crippen LogP contribution in [-0.4, -0.2) is 85.6 Å². The molecule has 30 heavy (non-hydrogen) atoms. The van der Waals surface area contributed by atoms with Crippen molar-refractivity contribution in [3.8, 4) is 0 Å². The molecule has 0 aromatic carbocycles. The Kier molecular flexibility index (Phi) is 7.64. The summed E-state index contributed by atoms with van der Waals surface area (Å²) in [5.41, 5.74) is 2.41. The van der Waals surface area contributed by atoms with E-state index in [-0.39, 0.29) is 11.8 Å².